The molecule has 110 valence electrons. The van der Waals surface area contributed by atoms with E-state index in [4.69, 9.17) is 4.74 Å². The number of carbonyl (C=O) groups excluding carboxylic acids is 1. The van der Waals surface area contributed by atoms with Crippen molar-refractivity contribution in [3.63, 3.8) is 0 Å². The van der Waals surface area contributed by atoms with Gasteiger partial charge in [-0.2, -0.15) is 0 Å². The van der Waals surface area contributed by atoms with Crippen molar-refractivity contribution in [2.45, 2.75) is 33.4 Å². The van der Waals surface area contributed by atoms with Gasteiger partial charge in [-0.25, -0.2) is 0 Å². The Balaban J connectivity index is 1.90. The topological polar surface area (TPSA) is 51.2 Å². The van der Waals surface area contributed by atoms with Gasteiger partial charge in [-0.1, -0.05) is 6.07 Å². The quantitative estimate of drug-likeness (QED) is 0.918. The summed E-state index contributed by atoms with van der Waals surface area (Å²) in [6.45, 7) is 6.24. The van der Waals surface area contributed by atoms with Gasteiger partial charge in [0, 0.05) is 18.9 Å². The van der Waals surface area contributed by atoms with E-state index in [9.17, 15) is 4.79 Å². The Labute approximate surface area is 125 Å². The van der Waals surface area contributed by atoms with Crippen LogP contribution in [0.25, 0.3) is 0 Å². The van der Waals surface area contributed by atoms with Crippen molar-refractivity contribution in [2.24, 2.45) is 0 Å². The van der Waals surface area contributed by atoms with Crippen LogP contribution in [0.2, 0.25) is 0 Å². The molecule has 0 saturated heterocycles. The number of aromatic nitrogens is 1. The zero-order chi connectivity index (χ0) is 15.2. The van der Waals surface area contributed by atoms with Crippen LogP contribution in [0.15, 0.2) is 42.7 Å². The van der Waals surface area contributed by atoms with Crippen LogP contribution in [-0.2, 0) is 11.3 Å². The van der Waals surface area contributed by atoms with Crippen molar-refractivity contribution in [1.82, 2.24) is 10.3 Å². The number of carbonyl (C=O) groups is 1. The number of ether oxygens (including phenoxy) is 1. The highest BCUT2D eigenvalue weighted by Crippen LogP contribution is 2.17. The van der Waals surface area contributed by atoms with Crippen molar-refractivity contribution in [3.05, 3.63) is 59.4 Å². The molecule has 0 saturated carbocycles. The molecular formula is C17H20N2O2. The molecule has 0 aliphatic heterocycles. The standard InChI is InChI=1S/C17H20N2O2/c1-12-8-13(2)10-16(9-12)21-14(3)17(20)19-11-15-4-6-18-7-5-15/h4-10,14H,11H2,1-3H3,(H,19,20). The summed E-state index contributed by atoms with van der Waals surface area (Å²) < 4.78 is 5.70. The zero-order valence-electron chi connectivity index (χ0n) is 12.6. The molecule has 0 radical (unpaired) electrons. The van der Waals surface area contributed by atoms with Crippen LogP contribution in [0.4, 0.5) is 0 Å². The number of nitrogens with zero attached hydrogens (tertiary/aromatic N) is 1. The summed E-state index contributed by atoms with van der Waals surface area (Å²) in [4.78, 5) is 16.0. The van der Waals surface area contributed by atoms with E-state index in [1.54, 1.807) is 19.3 Å². The van der Waals surface area contributed by atoms with Crippen LogP contribution in [-0.4, -0.2) is 17.0 Å². The number of nitrogens with one attached hydrogen (secondary N) is 1. The fourth-order valence-electron chi connectivity index (χ4n) is 2.09. The van der Waals surface area contributed by atoms with Gasteiger partial charge in [0.15, 0.2) is 6.10 Å². The maximum absolute atomic E-state index is 12.0. The Morgan fingerprint density at radius 3 is 2.43 bits per heavy atom. The van der Waals surface area contributed by atoms with Crippen LogP contribution in [0.5, 0.6) is 5.75 Å². The van der Waals surface area contributed by atoms with Crippen molar-refractivity contribution < 1.29 is 9.53 Å². The number of benzene rings is 1. The minimum absolute atomic E-state index is 0.133. The van der Waals surface area contributed by atoms with Crippen LogP contribution in [0, 0.1) is 13.8 Å². The van der Waals surface area contributed by atoms with Gasteiger partial charge in [0.25, 0.3) is 5.91 Å². The number of pyridine rings is 1. The molecule has 1 N–H and O–H groups in total. The smallest absolute Gasteiger partial charge is 0.261 e. The molecule has 0 fully saturated rings. The first-order chi connectivity index (χ1) is 10.0. The third kappa shape index (κ3) is 4.60. The summed E-state index contributed by atoms with van der Waals surface area (Å²) in [7, 11) is 0. The molecule has 1 aromatic heterocycles. The molecule has 4 heteroatoms. The first-order valence-corrected chi connectivity index (χ1v) is 6.96. The lowest BCUT2D eigenvalue weighted by Crippen LogP contribution is -2.35. The molecule has 0 aliphatic carbocycles. The highest BCUT2D eigenvalue weighted by Gasteiger charge is 2.14. The summed E-state index contributed by atoms with van der Waals surface area (Å²) in [5.41, 5.74) is 3.25. The highest BCUT2D eigenvalue weighted by atomic mass is 16.5. The zero-order valence-corrected chi connectivity index (χ0v) is 12.6. The molecule has 0 bridgehead atoms. The van der Waals surface area contributed by atoms with Gasteiger partial charge in [-0.15, -0.1) is 0 Å². The van der Waals surface area contributed by atoms with Crippen LogP contribution in [0.3, 0.4) is 0 Å². The summed E-state index contributed by atoms with van der Waals surface area (Å²) >= 11 is 0. The molecule has 4 nitrogen and oxygen atoms in total. The minimum Gasteiger partial charge on any atom is -0.481 e. The predicted molar refractivity (Wildman–Crippen MR) is 82.1 cm³/mol. The Kier molecular flexibility index (Phi) is 4.93. The Bertz CT molecular complexity index is 591. The van der Waals surface area contributed by atoms with Gasteiger partial charge >= 0.3 is 0 Å². The van der Waals surface area contributed by atoms with E-state index in [1.165, 1.54) is 0 Å². The first-order valence-electron chi connectivity index (χ1n) is 6.96. The van der Waals surface area contributed by atoms with Crippen LogP contribution < -0.4 is 10.1 Å². The molecule has 1 heterocycles. The van der Waals surface area contributed by atoms with Gasteiger partial charge in [-0.05, 0) is 61.7 Å². The Morgan fingerprint density at radius 2 is 1.81 bits per heavy atom. The lowest BCUT2D eigenvalue weighted by molar-refractivity contribution is -0.127. The molecule has 2 aromatic rings. The van der Waals surface area contributed by atoms with Crippen molar-refractivity contribution >= 4 is 5.91 Å². The number of aryl methyl sites for hydroxylation is 2. The van der Waals surface area contributed by atoms with E-state index >= 15 is 0 Å². The molecule has 1 unspecified atom stereocenters. The minimum atomic E-state index is -0.534. The Hall–Kier alpha value is -2.36. The van der Waals surface area contributed by atoms with E-state index in [-0.39, 0.29) is 5.91 Å². The third-order valence-corrected chi connectivity index (χ3v) is 3.09. The van der Waals surface area contributed by atoms with E-state index in [1.807, 2.05) is 38.1 Å². The highest BCUT2D eigenvalue weighted by molar-refractivity contribution is 5.80. The lowest BCUT2D eigenvalue weighted by atomic mass is 10.1. The number of amides is 1. The summed E-state index contributed by atoms with van der Waals surface area (Å²) in [5, 5.41) is 2.86. The second-order valence-electron chi connectivity index (χ2n) is 5.16. The van der Waals surface area contributed by atoms with Gasteiger partial charge in [0.2, 0.25) is 0 Å². The first kappa shape index (κ1) is 15.0. The Morgan fingerprint density at radius 1 is 1.19 bits per heavy atom. The lowest BCUT2D eigenvalue weighted by Gasteiger charge is -2.15. The van der Waals surface area contributed by atoms with Crippen molar-refractivity contribution in [1.29, 1.82) is 0 Å². The largest absolute Gasteiger partial charge is 0.481 e. The normalized spacial score (nSPS) is 11.8. The van der Waals surface area contributed by atoms with E-state index in [2.05, 4.69) is 16.4 Å². The van der Waals surface area contributed by atoms with Gasteiger partial charge in [0.05, 0.1) is 0 Å². The number of hydrogen-bond acceptors (Lipinski definition) is 3. The van der Waals surface area contributed by atoms with Gasteiger partial charge in [0.1, 0.15) is 5.75 Å². The average Bonchev–Trinajstić information content (AvgIpc) is 2.44. The third-order valence-electron chi connectivity index (χ3n) is 3.09. The molecular weight excluding hydrogens is 264 g/mol. The maximum atomic E-state index is 12.0. The molecule has 1 amide bonds. The monoisotopic (exact) mass is 284 g/mol. The SMILES string of the molecule is Cc1cc(C)cc(OC(C)C(=O)NCc2ccncc2)c1. The van der Waals surface area contributed by atoms with Crippen LogP contribution >= 0.6 is 0 Å². The summed E-state index contributed by atoms with van der Waals surface area (Å²) in [6.07, 6.45) is 2.88. The molecule has 21 heavy (non-hydrogen) atoms. The predicted octanol–water partition coefficient (Wildman–Crippen LogP) is 2.78. The fourth-order valence-corrected chi connectivity index (χ4v) is 2.09. The summed E-state index contributed by atoms with van der Waals surface area (Å²) in [5.74, 6) is 0.588. The average molecular weight is 284 g/mol. The van der Waals surface area contributed by atoms with Gasteiger partial charge in [-0.3, -0.25) is 9.78 Å². The number of rotatable bonds is 5. The fraction of sp³-hybridized carbons (Fsp3) is 0.294. The molecule has 0 spiro atoms. The van der Waals surface area contributed by atoms with Gasteiger partial charge < -0.3 is 10.1 Å². The second kappa shape index (κ2) is 6.88. The van der Waals surface area contributed by atoms with E-state index < -0.39 is 6.10 Å². The summed E-state index contributed by atoms with van der Waals surface area (Å²) in [6, 6.07) is 9.67. The molecule has 2 rings (SSSR count). The molecule has 0 aliphatic rings. The molecule has 1 aromatic carbocycles. The van der Waals surface area contributed by atoms with E-state index in [0.29, 0.717) is 6.54 Å². The van der Waals surface area contributed by atoms with Crippen molar-refractivity contribution in [3.8, 4) is 5.75 Å². The second-order valence-corrected chi connectivity index (χ2v) is 5.16. The van der Waals surface area contributed by atoms with Crippen LogP contribution in [0.1, 0.15) is 23.6 Å². The number of hydrogen-bond donors (Lipinski definition) is 1. The maximum Gasteiger partial charge on any atom is 0.261 e. The molecule has 1 atom stereocenters. The van der Waals surface area contributed by atoms with Crippen molar-refractivity contribution in [2.75, 3.05) is 0 Å². The van der Waals surface area contributed by atoms with E-state index in [0.717, 1.165) is 22.4 Å².